The molecule has 37 heavy (non-hydrogen) atoms. The second-order valence-corrected chi connectivity index (χ2v) is 11.2. The van der Waals surface area contributed by atoms with Crippen LogP contribution in [0.5, 0.6) is 5.75 Å². The number of nitrogens with one attached hydrogen (secondary N) is 1. The zero-order chi connectivity index (χ0) is 26.7. The van der Waals surface area contributed by atoms with Gasteiger partial charge in [0.05, 0.1) is 16.5 Å². The molecular formula is C25H18Cl2N2O6S2. The number of halogens is 2. The Hall–Kier alpha value is -3.31. The third kappa shape index (κ3) is 6.53. The second-order valence-electron chi connectivity index (χ2n) is 7.83. The number of rotatable bonds is 7. The summed E-state index contributed by atoms with van der Waals surface area (Å²) in [5.74, 6) is -0.850. The Balaban J connectivity index is 1.48. The van der Waals surface area contributed by atoms with Crippen molar-refractivity contribution < 1.29 is 27.0 Å². The second kappa shape index (κ2) is 11.0. The van der Waals surface area contributed by atoms with E-state index in [0.29, 0.717) is 16.3 Å². The van der Waals surface area contributed by atoms with E-state index < -0.39 is 21.3 Å². The van der Waals surface area contributed by atoms with E-state index in [1.54, 1.807) is 24.3 Å². The molecule has 1 aliphatic heterocycles. The summed E-state index contributed by atoms with van der Waals surface area (Å²) < 4.78 is 30.5. The molecule has 12 heteroatoms. The lowest BCUT2D eigenvalue weighted by molar-refractivity contribution is -0.123. The van der Waals surface area contributed by atoms with E-state index in [0.717, 1.165) is 22.2 Å². The van der Waals surface area contributed by atoms with Gasteiger partial charge >= 0.3 is 10.1 Å². The summed E-state index contributed by atoms with van der Waals surface area (Å²) in [5.41, 5.74) is 1.67. The Kier molecular flexibility index (Phi) is 7.93. The quantitative estimate of drug-likeness (QED) is 0.273. The van der Waals surface area contributed by atoms with Crippen LogP contribution in [-0.4, -0.2) is 30.4 Å². The molecule has 3 aromatic rings. The Labute approximate surface area is 227 Å². The average molecular weight is 577 g/mol. The van der Waals surface area contributed by atoms with Crippen molar-refractivity contribution in [1.82, 2.24) is 4.90 Å². The number of carbonyl (C=O) groups excluding carboxylic acids is 3. The minimum atomic E-state index is -4.20. The molecule has 0 unspecified atom stereocenters. The Morgan fingerprint density at radius 2 is 1.70 bits per heavy atom. The van der Waals surface area contributed by atoms with Gasteiger partial charge < -0.3 is 9.50 Å². The molecule has 3 aromatic carbocycles. The molecule has 0 radical (unpaired) electrons. The molecule has 1 saturated heterocycles. The van der Waals surface area contributed by atoms with Gasteiger partial charge in [0.2, 0.25) is 5.91 Å². The van der Waals surface area contributed by atoms with Crippen molar-refractivity contribution in [1.29, 1.82) is 0 Å². The van der Waals surface area contributed by atoms with Crippen LogP contribution in [0.15, 0.2) is 76.5 Å². The van der Waals surface area contributed by atoms with E-state index in [4.69, 9.17) is 27.4 Å². The number of nitrogens with zero attached hydrogens (tertiary/aromatic N) is 1. The smallest absolute Gasteiger partial charge is 0.339 e. The van der Waals surface area contributed by atoms with Crippen LogP contribution in [0.1, 0.15) is 18.1 Å². The van der Waals surface area contributed by atoms with Crippen LogP contribution >= 0.6 is 35.0 Å². The van der Waals surface area contributed by atoms with Gasteiger partial charge in [0.1, 0.15) is 4.90 Å². The molecule has 1 heterocycles. The number of thioether (sulfide) groups is 1. The fourth-order valence-corrected chi connectivity index (χ4v) is 5.49. The van der Waals surface area contributed by atoms with Crippen molar-refractivity contribution in [3.05, 3.63) is 92.8 Å². The lowest BCUT2D eigenvalue weighted by Gasteiger charge is -2.12. The highest BCUT2D eigenvalue weighted by atomic mass is 35.5. The molecule has 0 aromatic heterocycles. The summed E-state index contributed by atoms with van der Waals surface area (Å²) in [7, 11) is -4.20. The number of hydrogen-bond acceptors (Lipinski definition) is 7. The predicted molar refractivity (Wildman–Crippen MR) is 143 cm³/mol. The van der Waals surface area contributed by atoms with Crippen LogP contribution in [0.25, 0.3) is 6.08 Å². The van der Waals surface area contributed by atoms with Gasteiger partial charge in [-0.15, -0.1) is 0 Å². The number of imide groups is 1. The first-order valence-corrected chi connectivity index (χ1v) is 13.6. The maximum absolute atomic E-state index is 12.8. The Bertz CT molecular complexity index is 1520. The summed E-state index contributed by atoms with van der Waals surface area (Å²) in [5, 5.41) is 2.68. The normalized spacial score (nSPS) is 14.8. The van der Waals surface area contributed by atoms with Crippen LogP contribution in [0.3, 0.4) is 0 Å². The van der Waals surface area contributed by atoms with Crippen molar-refractivity contribution in [3.63, 3.8) is 0 Å². The van der Waals surface area contributed by atoms with Crippen molar-refractivity contribution in [3.8, 4) is 5.75 Å². The van der Waals surface area contributed by atoms with E-state index in [1.807, 2.05) is 0 Å². The number of benzene rings is 3. The molecule has 190 valence electrons. The third-order valence-corrected chi connectivity index (χ3v) is 7.75. The summed E-state index contributed by atoms with van der Waals surface area (Å²) in [6.07, 6.45) is 1.50. The molecule has 0 atom stereocenters. The fourth-order valence-electron chi connectivity index (χ4n) is 3.31. The monoisotopic (exact) mass is 576 g/mol. The van der Waals surface area contributed by atoms with Gasteiger partial charge in [0.25, 0.3) is 11.1 Å². The summed E-state index contributed by atoms with van der Waals surface area (Å²) >= 11 is 12.9. The third-order valence-electron chi connectivity index (χ3n) is 5.04. The minimum Gasteiger partial charge on any atom is -0.377 e. The first-order valence-electron chi connectivity index (χ1n) is 10.6. The van der Waals surface area contributed by atoms with Gasteiger partial charge in [-0.2, -0.15) is 8.42 Å². The summed E-state index contributed by atoms with van der Waals surface area (Å²) in [6, 6.07) is 16.6. The van der Waals surface area contributed by atoms with E-state index in [-0.39, 0.29) is 33.0 Å². The molecule has 1 aliphatic rings. The number of amides is 3. The number of hydrogen-bond donors (Lipinski definition) is 1. The van der Waals surface area contributed by atoms with Crippen LogP contribution in [0.4, 0.5) is 10.5 Å². The van der Waals surface area contributed by atoms with Crippen molar-refractivity contribution in [2.24, 2.45) is 0 Å². The van der Waals surface area contributed by atoms with Crippen LogP contribution in [0.2, 0.25) is 10.0 Å². The van der Waals surface area contributed by atoms with Gasteiger partial charge in [-0.05, 0) is 77.5 Å². The Morgan fingerprint density at radius 3 is 2.32 bits per heavy atom. The number of carbonyl (C=O) groups is 3. The maximum atomic E-state index is 12.8. The van der Waals surface area contributed by atoms with E-state index in [1.165, 1.54) is 55.5 Å². The van der Waals surface area contributed by atoms with E-state index >= 15 is 0 Å². The van der Waals surface area contributed by atoms with Crippen LogP contribution < -0.4 is 9.50 Å². The highest BCUT2D eigenvalue weighted by Gasteiger charge is 2.35. The molecule has 0 bridgehead atoms. The molecule has 0 saturated carbocycles. The van der Waals surface area contributed by atoms with Gasteiger partial charge in [-0.3, -0.25) is 19.3 Å². The zero-order valence-electron chi connectivity index (χ0n) is 19.1. The fraction of sp³-hybridized carbons (Fsp3) is 0.0800. The Morgan fingerprint density at radius 1 is 1.03 bits per heavy atom. The molecular weight excluding hydrogens is 559 g/mol. The first kappa shape index (κ1) is 26.7. The minimum absolute atomic E-state index is 0.00687. The average Bonchev–Trinajstić information content (AvgIpc) is 3.09. The lowest BCUT2D eigenvalue weighted by atomic mass is 10.2. The summed E-state index contributed by atoms with van der Waals surface area (Å²) in [6.45, 7) is 1.45. The maximum Gasteiger partial charge on any atom is 0.339 e. The molecule has 0 aliphatic carbocycles. The topological polar surface area (TPSA) is 110 Å². The summed E-state index contributed by atoms with van der Waals surface area (Å²) in [4.78, 5) is 37.5. The molecule has 4 rings (SSSR count). The van der Waals surface area contributed by atoms with Crippen molar-refractivity contribution in [2.45, 2.75) is 18.4 Å². The zero-order valence-corrected chi connectivity index (χ0v) is 22.2. The van der Waals surface area contributed by atoms with Crippen molar-refractivity contribution in [2.75, 3.05) is 5.32 Å². The van der Waals surface area contributed by atoms with Gasteiger partial charge in [-0.1, -0.05) is 41.4 Å². The molecule has 1 N–H and O–H groups in total. The molecule has 3 amide bonds. The van der Waals surface area contributed by atoms with E-state index in [2.05, 4.69) is 5.32 Å². The SMILES string of the molecule is CC(=O)Nc1ccc(S(=O)(=O)Oc2ccc(/C=C3\SC(=O)N(Cc4ccc(Cl)cc4)C3=O)cc2Cl)cc1. The van der Waals surface area contributed by atoms with Crippen LogP contribution in [-0.2, 0) is 26.3 Å². The highest BCUT2D eigenvalue weighted by Crippen LogP contribution is 2.35. The lowest BCUT2D eigenvalue weighted by Crippen LogP contribution is -2.27. The van der Waals surface area contributed by atoms with Crippen LogP contribution in [0, 0.1) is 0 Å². The van der Waals surface area contributed by atoms with Gasteiger partial charge in [-0.25, -0.2) is 0 Å². The highest BCUT2D eigenvalue weighted by molar-refractivity contribution is 8.18. The molecule has 8 nitrogen and oxygen atoms in total. The van der Waals surface area contributed by atoms with Gasteiger partial charge in [0.15, 0.2) is 5.75 Å². The first-order chi connectivity index (χ1) is 17.5. The van der Waals surface area contributed by atoms with Gasteiger partial charge in [0, 0.05) is 17.6 Å². The largest absolute Gasteiger partial charge is 0.377 e. The van der Waals surface area contributed by atoms with E-state index in [9.17, 15) is 22.8 Å². The molecule has 1 fully saturated rings. The van der Waals surface area contributed by atoms with Crippen molar-refractivity contribution >= 4 is 73.9 Å². The predicted octanol–water partition coefficient (Wildman–Crippen LogP) is 5.96. The number of anilines is 1. The standard InChI is InChI=1S/C25H18Cl2N2O6S2/c1-15(30)28-19-7-9-20(10-8-19)37(33,34)35-22-11-4-17(12-21(22)27)13-23-24(31)29(25(32)36-23)14-16-2-5-18(26)6-3-16/h2-13H,14H2,1H3,(H,28,30)/b23-13-. The molecule has 0 spiro atoms.